The molecule has 4 nitrogen and oxygen atoms in total. The molecule has 0 bridgehead atoms. The van der Waals surface area contributed by atoms with Crippen molar-refractivity contribution < 1.29 is 9.15 Å². The van der Waals surface area contributed by atoms with E-state index in [1.165, 1.54) is 0 Å². The standard InChI is InChI=1S/C20H16Cl2N2O2/c21-15-8-7-14(10-16(15)22)12-26-20(19-6-3-9-25-19)11-24-13-23-17-4-1-2-5-18(17)24/h1-10,13,20H,11-12H2. The lowest BCUT2D eigenvalue weighted by Crippen LogP contribution is -2.12. The van der Waals surface area contributed by atoms with Crippen molar-refractivity contribution in [2.24, 2.45) is 0 Å². The lowest BCUT2D eigenvalue weighted by atomic mass is 10.2. The Morgan fingerprint density at radius 2 is 1.92 bits per heavy atom. The van der Waals surface area contributed by atoms with Gasteiger partial charge in [-0.2, -0.15) is 0 Å². The zero-order chi connectivity index (χ0) is 17.9. The molecule has 1 unspecified atom stereocenters. The number of nitrogens with zero attached hydrogens (tertiary/aromatic N) is 2. The summed E-state index contributed by atoms with van der Waals surface area (Å²) >= 11 is 12.1. The first-order valence-electron chi connectivity index (χ1n) is 8.19. The SMILES string of the molecule is Clc1ccc(COC(Cn2cnc3ccccc32)c2ccco2)cc1Cl. The molecule has 2 heterocycles. The summed E-state index contributed by atoms with van der Waals surface area (Å²) in [6.07, 6.45) is 3.22. The molecule has 2 aromatic carbocycles. The van der Waals surface area contributed by atoms with Crippen LogP contribution >= 0.6 is 23.2 Å². The van der Waals surface area contributed by atoms with Gasteiger partial charge in [-0.3, -0.25) is 0 Å². The van der Waals surface area contributed by atoms with Crippen LogP contribution in [0.2, 0.25) is 10.0 Å². The summed E-state index contributed by atoms with van der Waals surface area (Å²) in [4.78, 5) is 4.44. The summed E-state index contributed by atoms with van der Waals surface area (Å²) in [5, 5.41) is 1.05. The first-order chi connectivity index (χ1) is 12.7. The second-order valence-electron chi connectivity index (χ2n) is 5.95. The van der Waals surface area contributed by atoms with Gasteiger partial charge in [0.05, 0.1) is 46.8 Å². The Morgan fingerprint density at radius 3 is 2.73 bits per heavy atom. The molecule has 132 valence electrons. The highest BCUT2D eigenvalue weighted by Gasteiger charge is 2.17. The van der Waals surface area contributed by atoms with Gasteiger partial charge in [0.15, 0.2) is 0 Å². The van der Waals surface area contributed by atoms with E-state index >= 15 is 0 Å². The van der Waals surface area contributed by atoms with Gasteiger partial charge in [-0.05, 0) is 42.0 Å². The summed E-state index contributed by atoms with van der Waals surface area (Å²) in [5.74, 6) is 0.767. The van der Waals surface area contributed by atoms with Crippen LogP contribution in [0.4, 0.5) is 0 Å². The molecule has 0 radical (unpaired) electrons. The van der Waals surface area contributed by atoms with Crippen molar-refractivity contribution in [2.75, 3.05) is 0 Å². The zero-order valence-electron chi connectivity index (χ0n) is 13.8. The Morgan fingerprint density at radius 1 is 1.04 bits per heavy atom. The fourth-order valence-corrected chi connectivity index (χ4v) is 3.18. The molecule has 4 rings (SSSR count). The van der Waals surface area contributed by atoms with Gasteiger partial charge in [0, 0.05) is 0 Å². The second kappa shape index (κ2) is 7.54. The Hall–Kier alpha value is -2.27. The zero-order valence-corrected chi connectivity index (χ0v) is 15.3. The molecule has 0 spiro atoms. The molecule has 0 amide bonds. The van der Waals surface area contributed by atoms with E-state index < -0.39 is 0 Å². The highest BCUT2D eigenvalue weighted by atomic mass is 35.5. The number of imidazole rings is 1. The van der Waals surface area contributed by atoms with E-state index in [-0.39, 0.29) is 6.10 Å². The fourth-order valence-electron chi connectivity index (χ4n) is 2.86. The Kier molecular flexibility index (Phi) is 4.98. The lowest BCUT2D eigenvalue weighted by molar-refractivity contribution is 0.0147. The predicted octanol–water partition coefficient (Wildman–Crippen LogP) is 5.89. The van der Waals surface area contributed by atoms with Crippen molar-refractivity contribution in [3.05, 3.63) is 88.6 Å². The predicted molar refractivity (Wildman–Crippen MR) is 102 cm³/mol. The summed E-state index contributed by atoms with van der Waals surface area (Å²) < 4.78 is 13.8. The number of furan rings is 1. The van der Waals surface area contributed by atoms with Gasteiger partial charge < -0.3 is 13.7 Å². The topological polar surface area (TPSA) is 40.2 Å². The molecule has 4 aromatic rings. The van der Waals surface area contributed by atoms with Crippen LogP contribution in [0.15, 0.2) is 71.6 Å². The van der Waals surface area contributed by atoms with Crippen molar-refractivity contribution in [2.45, 2.75) is 19.3 Å². The third-order valence-corrected chi connectivity index (χ3v) is 4.92. The van der Waals surface area contributed by atoms with Crippen LogP contribution in [-0.4, -0.2) is 9.55 Å². The maximum Gasteiger partial charge on any atom is 0.134 e. The van der Waals surface area contributed by atoms with Crippen LogP contribution in [0, 0.1) is 0 Å². The average Bonchev–Trinajstić information content (AvgIpc) is 3.31. The van der Waals surface area contributed by atoms with Crippen LogP contribution in [0.1, 0.15) is 17.4 Å². The number of aromatic nitrogens is 2. The first-order valence-corrected chi connectivity index (χ1v) is 8.95. The third-order valence-electron chi connectivity index (χ3n) is 4.19. The molecule has 0 aliphatic rings. The Balaban J connectivity index is 1.56. The second-order valence-corrected chi connectivity index (χ2v) is 6.76. The minimum atomic E-state index is -0.253. The number of hydrogen-bond donors (Lipinski definition) is 0. The van der Waals surface area contributed by atoms with E-state index in [0.717, 1.165) is 22.4 Å². The average molecular weight is 387 g/mol. The van der Waals surface area contributed by atoms with Crippen molar-refractivity contribution in [1.82, 2.24) is 9.55 Å². The molecule has 1 atom stereocenters. The highest BCUT2D eigenvalue weighted by Crippen LogP contribution is 2.26. The lowest BCUT2D eigenvalue weighted by Gasteiger charge is -2.17. The van der Waals surface area contributed by atoms with Gasteiger partial charge >= 0.3 is 0 Å². The molecule has 0 saturated carbocycles. The van der Waals surface area contributed by atoms with Crippen LogP contribution in [0.3, 0.4) is 0 Å². The fraction of sp³-hybridized carbons (Fsp3) is 0.150. The van der Waals surface area contributed by atoms with Crippen LogP contribution in [0.25, 0.3) is 11.0 Å². The van der Waals surface area contributed by atoms with Crippen LogP contribution in [0.5, 0.6) is 0 Å². The first kappa shape index (κ1) is 17.2. The van der Waals surface area contributed by atoms with E-state index in [9.17, 15) is 0 Å². The maximum atomic E-state index is 6.15. The normalized spacial score (nSPS) is 12.5. The molecule has 0 aliphatic heterocycles. The number of halogens is 2. The minimum absolute atomic E-state index is 0.253. The largest absolute Gasteiger partial charge is 0.467 e. The van der Waals surface area contributed by atoms with E-state index in [1.54, 1.807) is 12.3 Å². The monoisotopic (exact) mass is 386 g/mol. The van der Waals surface area contributed by atoms with E-state index in [0.29, 0.717) is 23.2 Å². The summed E-state index contributed by atoms with van der Waals surface area (Å²) in [5.41, 5.74) is 2.96. The van der Waals surface area contributed by atoms with E-state index in [1.807, 2.05) is 54.9 Å². The number of fused-ring (bicyclic) bond motifs is 1. The quantitative estimate of drug-likeness (QED) is 0.414. The number of benzene rings is 2. The summed E-state index contributed by atoms with van der Waals surface area (Å²) in [6, 6.07) is 17.3. The molecule has 0 N–H and O–H groups in total. The Bertz CT molecular complexity index is 1010. The van der Waals surface area contributed by atoms with Gasteiger partial charge in [0.2, 0.25) is 0 Å². The molecule has 6 heteroatoms. The van der Waals surface area contributed by atoms with Crippen molar-refractivity contribution in [3.8, 4) is 0 Å². The Labute approximate surface area is 160 Å². The molecule has 0 saturated heterocycles. The molecule has 26 heavy (non-hydrogen) atoms. The number of para-hydroxylation sites is 2. The van der Waals surface area contributed by atoms with Crippen molar-refractivity contribution in [1.29, 1.82) is 0 Å². The third kappa shape index (κ3) is 3.63. The van der Waals surface area contributed by atoms with Crippen molar-refractivity contribution >= 4 is 34.2 Å². The number of ether oxygens (including phenoxy) is 1. The molecule has 0 aliphatic carbocycles. The van der Waals surface area contributed by atoms with Gasteiger partial charge in [-0.1, -0.05) is 41.4 Å². The van der Waals surface area contributed by atoms with Gasteiger partial charge in [0.25, 0.3) is 0 Å². The minimum Gasteiger partial charge on any atom is -0.467 e. The summed E-state index contributed by atoms with van der Waals surface area (Å²) in [6.45, 7) is 0.990. The molecule has 2 aromatic heterocycles. The molecular weight excluding hydrogens is 371 g/mol. The highest BCUT2D eigenvalue weighted by molar-refractivity contribution is 6.42. The van der Waals surface area contributed by atoms with Gasteiger partial charge in [-0.25, -0.2) is 4.98 Å². The van der Waals surface area contributed by atoms with Crippen LogP contribution in [-0.2, 0) is 17.9 Å². The smallest absolute Gasteiger partial charge is 0.134 e. The summed E-state index contributed by atoms with van der Waals surface area (Å²) in [7, 11) is 0. The van der Waals surface area contributed by atoms with Crippen LogP contribution < -0.4 is 0 Å². The van der Waals surface area contributed by atoms with Gasteiger partial charge in [0.1, 0.15) is 11.9 Å². The van der Waals surface area contributed by atoms with Crippen molar-refractivity contribution in [3.63, 3.8) is 0 Å². The maximum absolute atomic E-state index is 6.15. The van der Waals surface area contributed by atoms with Gasteiger partial charge in [-0.15, -0.1) is 0 Å². The molecular formula is C20H16Cl2N2O2. The van der Waals surface area contributed by atoms with E-state index in [4.69, 9.17) is 32.4 Å². The molecule has 0 fully saturated rings. The number of rotatable bonds is 6. The number of hydrogen-bond acceptors (Lipinski definition) is 3. The van der Waals surface area contributed by atoms with E-state index in [2.05, 4.69) is 9.55 Å².